The lowest BCUT2D eigenvalue weighted by Gasteiger charge is -2.20. The van der Waals surface area contributed by atoms with Gasteiger partial charge in [-0.3, -0.25) is 4.79 Å². The summed E-state index contributed by atoms with van der Waals surface area (Å²) in [6.07, 6.45) is 6.96. The number of halogens is 2. The van der Waals surface area contributed by atoms with E-state index in [-0.39, 0.29) is 17.3 Å². The molecule has 5 nitrogen and oxygen atoms in total. The molecule has 3 rings (SSSR count). The Morgan fingerprint density at radius 2 is 1.96 bits per heavy atom. The largest absolute Gasteiger partial charge is 0.477 e. The Morgan fingerprint density at radius 1 is 1.25 bits per heavy atom. The molecule has 0 radical (unpaired) electrons. The number of hydrogen-bond acceptors (Lipinski definition) is 2. The normalized spacial score (nSPS) is 13.9. The summed E-state index contributed by atoms with van der Waals surface area (Å²) < 4.78 is 0. The van der Waals surface area contributed by atoms with Gasteiger partial charge in [-0.2, -0.15) is 0 Å². The third-order valence-corrected chi connectivity index (χ3v) is 4.68. The highest BCUT2D eigenvalue weighted by Crippen LogP contribution is 2.36. The van der Waals surface area contributed by atoms with Crippen molar-refractivity contribution >= 4 is 51.7 Å². The number of likely N-dealkylation sites (N-methyl/N-ethyl adjacent to an activating group) is 1. The predicted octanol–water partition coefficient (Wildman–Crippen LogP) is 4.41. The molecule has 0 fully saturated rings. The maximum absolute atomic E-state index is 12.7. The molecule has 0 spiro atoms. The number of nitrogens with zero attached hydrogens (tertiary/aromatic N) is 1. The van der Waals surface area contributed by atoms with Crippen molar-refractivity contribution in [2.24, 2.45) is 0 Å². The smallest absolute Gasteiger partial charge is 0.354 e. The van der Waals surface area contributed by atoms with E-state index in [4.69, 9.17) is 23.2 Å². The maximum atomic E-state index is 12.7. The van der Waals surface area contributed by atoms with E-state index in [1.807, 2.05) is 12.2 Å². The van der Waals surface area contributed by atoms with E-state index in [9.17, 15) is 14.7 Å². The summed E-state index contributed by atoms with van der Waals surface area (Å²) in [5.41, 5.74) is 1.34. The number of carbonyl (C=O) groups is 2. The van der Waals surface area contributed by atoms with Gasteiger partial charge in [-0.25, -0.2) is 4.79 Å². The van der Waals surface area contributed by atoms with Crippen LogP contribution in [0.1, 0.15) is 23.3 Å². The molecule has 2 aromatic rings. The van der Waals surface area contributed by atoms with Crippen LogP contribution in [0.3, 0.4) is 0 Å². The van der Waals surface area contributed by atoms with Crippen molar-refractivity contribution in [2.45, 2.75) is 12.8 Å². The van der Waals surface area contributed by atoms with Gasteiger partial charge in [-0.15, -0.1) is 0 Å². The molecule has 0 aliphatic heterocycles. The van der Waals surface area contributed by atoms with Gasteiger partial charge in [0, 0.05) is 23.5 Å². The number of carboxylic acids is 1. The summed E-state index contributed by atoms with van der Waals surface area (Å²) in [6.45, 7) is 0. The first-order valence-corrected chi connectivity index (χ1v) is 8.03. The average Bonchev–Trinajstić information content (AvgIpc) is 2.93. The van der Waals surface area contributed by atoms with Crippen LogP contribution in [0.2, 0.25) is 10.0 Å². The second-order valence-corrected chi connectivity index (χ2v) is 6.30. The monoisotopic (exact) mass is 364 g/mol. The zero-order chi connectivity index (χ0) is 17.4. The predicted molar refractivity (Wildman–Crippen MR) is 95.1 cm³/mol. The zero-order valence-corrected chi connectivity index (χ0v) is 14.3. The summed E-state index contributed by atoms with van der Waals surface area (Å²) >= 11 is 12.1. The topological polar surface area (TPSA) is 73.4 Å². The minimum Gasteiger partial charge on any atom is -0.477 e. The molecule has 1 heterocycles. The Labute approximate surface area is 148 Å². The molecular formula is C17H14Cl2N2O3. The Balaban J connectivity index is 2.16. The van der Waals surface area contributed by atoms with Gasteiger partial charge in [-0.1, -0.05) is 41.4 Å². The van der Waals surface area contributed by atoms with Crippen LogP contribution in [-0.4, -0.2) is 29.0 Å². The number of aromatic carboxylic acids is 1. The van der Waals surface area contributed by atoms with Gasteiger partial charge in [0.1, 0.15) is 5.69 Å². The number of rotatable bonds is 3. The van der Waals surface area contributed by atoms with E-state index < -0.39 is 5.97 Å². The Kier molecular flexibility index (Phi) is 4.39. The van der Waals surface area contributed by atoms with Crippen LogP contribution in [0, 0.1) is 0 Å². The van der Waals surface area contributed by atoms with Crippen LogP contribution in [0.5, 0.6) is 0 Å². The van der Waals surface area contributed by atoms with Gasteiger partial charge in [0.05, 0.1) is 15.7 Å². The molecule has 24 heavy (non-hydrogen) atoms. The fourth-order valence-electron chi connectivity index (χ4n) is 2.78. The first-order valence-electron chi connectivity index (χ1n) is 7.28. The molecule has 1 aromatic carbocycles. The summed E-state index contributed by atoms with van der Waals surface area (Å²) in [5.74, 6) is -1.40. The van der Waals surface area contributed by atoms with Crippen LogP contribution in [0.4, 0.5) is 5.69 Å². The Morgan fingerprint density at radius 3 is 2.58 bits per heavy atom. The number of hydrogen-bond donors (Lipinski definition) is 2. The van der Waals surface area contributed by atoms with E-state index in [2.05, 4.69) is 4.98 Å². The number of H-pyrrole nitrogens is 1. The number of carboxylic acid groups (broad SMARTS) is 1. The highest BCUT2D eigenvalue weighted by atomic mass is 35.5. The number of carbonyl (C=O) groups excluding carboxylic acids is 1. The Hall–Kier alpha value is -2.24. The van der Waals surface area contributed by atoms with E-state index in [0.717, 1.165) is 6.42 Å². The highest BCUT2D eigenvalue weighted by molar-refractivity contribution is 6.43. The number of aromatic amines is 1. The number of anilines is 1. The van der Waals surface area contributed by atoms with Crippen molar-refractivity contribution in [3.05, 3.63) is 51.7 Å². The van der Waals surface area contributed by atoms with Crippen LogP contribution in [-0.2, 0) is 4.79 Å². The summed E-state index contributed by atoms with van der Waals surface area (Å²) in [4.78, 5) is 28.5. The van der Waals surface area contributed by atoms with Crippen LogP contribution >= 0.6 is 23.2 Å². The molecule has 124 valence electrons. The average molecular weight is 365 g/mol. The minimum absolute atomic E-state index is 0.0777. The third kappa shape index (κ3) is 2.81. The van der Waals surface area contributed by atoms with Crippen LogP contribution in [0.25, 0.3) is 10.9 Å². The highest BCUT2D eigenvalue weighted by Gasteiger charge is 2.26. The molecule has 7 heteroatoms. The first-order chi connectivity index (χ1) is 11.4. The van der Waals surface area contributed by atoms with Crippen molar-refractivity contribution in [3.63, 3.8) is 0 Å². The van der Waals surface area contributed by atoms with E-state index >= 15 is 0 Å². The van der Waals surface area contributed by atoms with Crippen molar-refractivity contribution in [1.82, 2.24) is 4.98 Å². The molecule has 1 aromatic heterocycles. The molecule has 0 atom stereocenters. The SMILES string of the molecule is CN(C(=O)C1=CC=CCC1)c1c(C(=O)O)[nH]c2cc(Cl)c(Cl)cc12. The third-order valence-electron chi connectivity index (χ3n) is 3.95. The summed E-state index contributed by atoms with van der Waals surface area (Å²) in [5, 5.41) is 10.6. The van der Waals surface area contributed by atoms with Gasteiger partial charge in [0.25, 0.3) is 5.91 Å². The molecule has 2 N–H and O–H groups in total. The molecule has 1 aliphatic carbocycles. The van der Waals surface area contributed by atoms with Crippen LogP contribution < -0.4 is 4.90 Å². The van der Waals surface area contributed by atoms with E-state index in [1.54, 1.807) is 25.3 Å². The van der Waals surface area contributed by atoms with E-state index in [0.29, 0.717) is 32.9 Å². The molecule has 0 bridgehead atoms. The first kappa shape index (κ1) is 16.6. The molecule has 0 saturated heterocycles. The number of benzene rings is 1. The standard InChI is InChI=1S/C17H14Cl2N2O3/c1-21(16(22)9-5-3-2-4-6-9)15-10-7-11(18)12(19)8-13(10)20-14(15)17(23)24/h2-3,5,7-8,20H,4,6H2,1H3,(H,23,24). The number of amides is 1. The van der Waals surface area contributed by atoms with Gasteiger partial charge in [0.2, 0.25) is 0 Å². The lowest BCUT2D eigenvalue weighted by atomic mass is 10.0. The quantitative estimate of drug-likeness (QED) is 0.846. The summed E-state index contributed by atoms with van der Waals surface area (Å²) in [6, 6.07) is 3.12. The van der Waals surface area contributed by atoms with Gasteiger partial charge in [0.15, 0.2) is 0 Å². The molecule has 1 aliphatic rings. The lowest BCUT2D eigenvalue weighted by Crippen LogP contribution is -2.29. The van der Waals surface area contributed by atoms with E-state index in [1.165, 1.54) is 4.90 Å². The maximum Gasteiger partial charge on any atom is 0.354 e. The van der Waals surface area contributed by atoms with Crippen LogP contribution in [0.15, 0.2) is 35.9 Å². The molecule has 0 saturated carbocycles. The fourth-order valence-corrected chi connectivity index (χ4v) is 3.10. The van der Waals surface area contributed by atoms with Gasteiger partial charge in [-0.05, 0) is 25.0 Å². The van der Waals surface area contributed by atoms with Crippen molar-refractivity contribution < 1.29 is 14.7 Å². The fraction of sp³-hybridized carbons (Fsp3) is 0.176. The second-order valence-electron chi connectivity index (χ2n) is 5.49. The number of nitrogens with one attached hydrogen (secondary N) is 1. The second kappa shape index (κ2) is 6.34. The minimum atomic E-state index is -1.16. The molecular weight excluding hydrogens is 351 g/mol. The van der Waals surface area contributed by atoms with Crippen molar-refractivity contribution in [1.29, 1.82) is 0 Å². The summed E-state index contributed by atoms with van der Waals surface area (Å²) in [7, 11) is 1.55. The molecule has 0 unspecified atom stereocenters. The van der Waals surface area contributed by atoms with Crippen molar-refractivity contribution in [2.75, 3.05) is 11.9 Å². The molecule has 1 amide bonds. The van der Waals surface area contributed by atoms with Gasteiger partial charge < -0.3 is 15.0 Å². The number of aromatic nitrogens is 1. The van der Waals surface area contributed by atoms with Crippen molar-refractivity contribution in [3.8, 4) is 0 Å². The van der Waals surface area contributed by atoms with Gasteiger partial charge >= 0.3 is 5.97 Å². The Bertz CT molecular complexity index is 912. The lowest BCUT2D eigenvalue weighted by molar-refractivity contribution is -0.115. The zero-order valence-electron chi connectivity index (χ0n) is 12.8. The number of fused-ring (bicyclic) bond motifs is 1. The number of allylic oxidation sites excluding steroid dienone is 3.